The largest absolute Gasteiger partial charge is 0.325 e. The number of carbonyl (C=O) groups excluding carboxylic acids is 1. The smallest absolute Gasteiger partial charge is 0.274 e. The maximum Gasteiger partial charge on any atom is 0.274 e. The van der Waals surface area contributed by atoms with Crippen LogP contribution in [0.3, 0.4) is 0 Å². The summed E-state index contributed by atoms with van der Waals surface area (Å²) in [4.78, 5) is 28.4. The molecule has 1 aromatic heterocycles. The minimum Gasteiger partial charge on any atom is -0.325 e. The Balaban J connectivity index is 1.45. The second kappa shape index (κ2) is 6.26. The van der Waals surface area contributed by atoms with Crippen molar-refractivity contribution in [3.63, 3.8) is 0 Å². The number of hydrogen-bond donors (Lipinski definition) is 1. The number of nitrogens with zero attached hydrogens (tertiary/aromatic N) is 4. The Morgan fingerprint density at radius 2 is 2.03 bits per heavy atom. The Morgan fingerprint density at radius 3 is 2.66 bits per heavy atom. The number of nitro groups is 1. The Kier molecular flexibility index (Phi) is 4.00. The topological polar surface area (TPSA) is 103 Å². The zero-order chi connectivity index (χ0) is 20.4. The maximum absolute atomic E-state index is 13.5. The molecular formula is C20H22ClN5O3. The highest BCUT2D eigenvalue weighted by Gasteiger charge is 2.61. The zero-order valence-electron chi connectivity index (χ0n) is 16.1. The third-order valence-electron chi connectivity index (χ3n) is 7.13. The van der Waals surface area contributed by atoms with Gasteiger partial charge >= 0.3 is 0 Å². The first-order valence-electron chi connectivity index (χ1n) is 9.93. The molecule has 0 radical (unpaired) electrons. The highest BCUT2D eigenvalue weighted by molar-refractivity contribution is 6.28. The highest BCUT2D eigenvalue weighted by atomic mass is 35.5. The van der Waals surface area contributed by atoms with Crippen LogP contribution >= 0.6 is 11.6 Å². The summed E-state index contributed by atoms with van der Waals surface area (Å²) in [7, 11) is 0. The van der Waals surface area contributed by atoms with E-state index in [1.54, 1.807) is 25.4 Å². The number of halogens is 1. The van der Waals surface area contributed by atoms with Crippen LogP contribution in [0.5, 0.6) is 0 Å². The van der Waals surface area contributed by atoms with Gasteiger partial charge in [-0.2, -0.15) is 0 Å². The van der Waals surface area contributed by atoms with E-state index in [4.69, 9.17) is 11.6 Å². The fourth-order valence-electron chi connectivity index (χ4n) is 6.37. The Morgan fingerprint density at radius 1 is 1.31 bits per heavy atom. The summed E-state index contributed by atoms with van der Waals surface area (Å²) in [6, 6.07) is 4.85. The van der Waals surface area contributed by atoms with E-state index in [2.05, 4.69) is 15.4 Å². The van der Waals surface area contributed by atoms with Crippen LogP contribution in [-0.4, -0.2) is 25.6 Å². The Bertz CT molecular complexity index is 1010. The van der Waals surface area contributed by atoms with E-state index < -0.39 is 10.3 Å². The van der Waals surface area contributed by atoms with Crippen LogP contribution in [0.2, 0.25) is 5.28 Å². The van der Waals surface area contributed by atoms with Crippen LogP contribution in [0.15, 0.2) is 24.5 Å². The fraction of sp³-hybridized carbons (Fsp3) is 0.550. The van der Waals surface area contributed by atoms with E-state index in [0.717, 1.165) is 32.1 Å². The van der Waals surface area contributed by atoms with Gasteiger partial charge in [-0.25, -0.2) is 9.67 Å². The first-order chi connectivity index (χ1) is 13.8. The molecule has 0 aliphatic heterocycles. The highest BCUT2D eigenvalue weighted by Crippen LogP contribution is 2.64. The van der Waals surface area contributed by atoms with Crippen molar-refractivity contribution in [1.29, 1.82) is 0 Å². The molecule has 1 amide bonds. The van der Waals surface area contributed by atoms with E-state index in [1.807, 2.05) is 4.68 Å². The van der Waals surface area contributed by atoms with Gasteiger partial charge in [0.05, 0.1) is 15.9 Å². The summed E-state index contributed by atoms with van der Waals surface area (Å²) in [5.74, 6) is 0.898. The summed E-state index contributed by atoms with van der Waals surface area (Å²) in [5.41, 5.74) is 0.357. The van der Waals surface area contributed by atoms with Gasteiger partial charge < -0.3 is 5.32 Å². The second-order valence-corrected chi connectivity index (χ2v) is 9.47. The van der Waals surface area contributed by atoms with Gasteiger partial charge in [0.2, 0.25) is 11.2 Å². The summed E-state index contributed by atoms with van der Waals surface area (Å²) < 4.78 is 1.88. The molecule has 1 N–H and O–H groups in total. The van der Waals surface area contributed by atoms with Crippen molar-refractivity contribution < 1.29 is 9.72 Å². The molecule has 9 heteroatoms. The lowest BCUT2D eigenvalue weighted by Crippen LogP contribution is -2.60. The standard InChI is InChI=1S/C20H22ClN5O3/c1-12-2-3-15(5-16(12)26(28)29)23-17(27)19-6-13-4-14(7-19)9-20(8-13,10-19)25-11-22-18(21)24-25/h2-3,5,11,13-14H,4,6-10H2,1H3,(H,23,27). The fourth-order valence-corrected chi connectivity index (χ4v) is 6.49. The third-order valence-corrected chi connectivity index (χ3v) is 7.30. The number of rotatable bonds is 4. The molecule has 4 aliphatic carbocycles. The third kappa shape index (κ3) is 2.92. The average Bonchev–Trinajstić information content (AvgIpc) is 3.09. The van der Waals surface area contributed by atoms with Gasteiger partial charge in [0.15, 0.2) is 0 Å². The summed E-state index contributed by atoms with van der Waals surface area (Å²) >= 11 is 5.98. The molecule has 0 saturated heterocycles. The zero-order valence-corrected chi connectivity index (χ0v) is 16.9. The monoisotopic (exact) mass is 415 g/mol. The van der Waals surface area contributed by atoms with E-state index >= 15 is 0 Å². The molecule has 152 valence electrons. The molecule has 29 heavy (non-hydrogen) atoms. The van der Waals surface area contributed by atoms with Crippen molar-refractivity contribution in [2.75, 3.05) is 5.32 Å². The van der Waals surface area contributed by atoms with Crippen molar-refractivity contribution >= 4 is 28.9 Å². The van der Waals surface area contributed by atoms with Crippen molar-refractivity contribution in [1.82, 2.24) is 14.8 Å². The molecule has 2 unspecified atom stereocenters. The molecule has 1 aromatic carbocycles. The maximum atomic E-state index is 13.5. The Labute approximate surface area is 172 Å². The predicted octanol–water partition coefficient (Wildman–Crippen LogP) is 4.08. The average molecular weight is 416 g/mol. The van der Waals surface area contributed by atoms with Gasteiger partial charge in [-0.3, -0.25) is 14.9 Å². The van der Waals surface area contributed by atoms with E-state index in [9.17, 15) is 14.9 Å². The molecule has 2 atom stereocenters. The number of carbonyl (C=O) groups is 1. The molecule has 8 nitrogen and oxygen atoms in total. The summed E-state index contributed by atoms with van der Waals surface area (Å²) in [6.45, 7) is 1.69. The SMILES string of the molecule is Cc1ccc(NC(=O)C23CC4CC(C2)CC(n2cnc(Cl)n2)(C4)C3)cc1[N+](=O)[O-]. The van der Waals surface area contributed by atoms with Gasteiger partial charge in [0.1, 0.15) is 6.33 Å². The number of nitrogens with one attached hydrogen (secondary N) is 1. The Hall–Kier alpha value is -2.48. The number of nitro benzene ring substituents is 1. The molecule has 4 bridgehead atoms. The van der Waals surface area contributed by atoms with Crippen molar-refractivity contribution in [2.24, 2.45) is 17.3 Å². The van der Waals surface area contributed by atoms with Gasteiger partial charge in [0, 0.05) is 17.3 Å². The van der Waals surface area contributed by atoms with Gasteiger partial charge in [-0.1, -0.05) is 6.07 Å². The normalized spacial score (nSPS) is 32.3. The van der Waals surface area contributed by atoms with Crippen LogP contribution in [0.1, 0.15) is 44.1 Å². The molecule has 6 rings (SSSR count). The van der Waals surface area contributed by atoms with Crippen LogP contribution in [0.4, 0.5) is 11.4 Å². The molecule has 4 saturated carbocycles. The summed E-state index contributed by atoms with van der Waals surface area (Å²) in [6.07, 6.45) is 7.23. The van der Waals surface area contributed by atoms with E-state index in [-0.39, 0.29) is 22.4 Å². The number of anilines is 1. The van der Waals surface area contributed by atoms with Gasteiger partial charge in [-0.15, -0.1) is 5.10 Å². The summed E-state index contributed by atoms with van der Waals surface area (Å²) in [5, 5.41) is 18.8. The minimum absolute atomic E-state index is 0.0158. The van der Waals surface area contributed by atoms with Crippen LogP contribution in [0.25, 0.3) is 0 Å². The van der Waals surface area contributed by atoms with Gasteiger partial charge in [0.25, 0.3) is 5.69 Å². The lowest BCUT2D eigenvalue weighted by Gasteiger charge is -2.60. The molecule has 1 heterocycles. The first kappa shape index (κ1) is 18.5. The lowest BCUT2D eigenvalue weighted by atomic mass is 9.46. The quantitative estimate of drug-likeness (QED) is 0.598. The number of aromatic nitrogens is 3. The minimum atomic E-state index is -0.484. The van der Waals surface area contributed by atoms with Crippen LogP contribution < -0.4 is 5.32 Å². The van der Waals surface area contributed by atoms with E-state index in [1.165, 1.54) is 6.07 Å². The van der Waals surface area contributed by atoms with Crippen LogP contribution in [0, 0.1) is 34.3 Å². The number of amides is 1. The molecule has 4 aliphatic rings. The van der Waals surface area contributed by atoms with Crippen LogP contribution in [-0.2, 0) is 10.3 Å². The first-order valence-corrected chi connectivity index (χ1v) is 10.3. The molecular weight excluding hydrogens is 394 g/mol. The number of benzene rings is 1. The molecule has 4 fully saturated rings. The van der Waals surface area contributed by atoms with Gasteiger partial charge in [-0.05, 0) is 75.0 Å². The predicted molar refractivity (Wildman–Crippen MR) is 107 cm³/mol. The molecule has 2 aromatic rings. The number of hydrogen-bond acceptors (Lipinski definition) is 5. The van der Waals surface area contributed by atoms with Crippen molar-refractivity contribution in [2.45, 2.75) is 51.0 Å². The second-order valence-electron chi connectivity index (χ2n) is 9.14. The molecule has 0 spiro atoms. The van der Waals surface area contributed by atoms with Crippen molar-refractivity contribution in [3.05, 3.63) is 45.5 Å². The lowest BCUT2D eigenvalue weighted by molar-refractivity contribution is -0.385. The van der Waals surface area contributed by atoms with Crippen molar-refractivity contribution in [3.8, 4) is 0 Å². The number of aryl methyl sites for hydroxylation is 1. The van der Waals surface area contributed by atoms with E-state index in [0.29, 0.717) is 29.5 Å².